The van der Waals surface area contributed by atoms with Crippen LogP contribution in [0.1, 0.15) is 12.5 Å². The largest absolute Gasteiger partial charge is 0.271 e. The van der Waals surface area contributed by atoms with Crippen LogP contribution in [0, 0.1) is 10.1 Å². The lowest BCUT2D eigenvalue weighted by Gasteiger charge is -2.24. The third kappa shape index (κ3) is 5.73. The van der Waals surface area contributed by atoms with Crippen LogP contribution >= 0.6 is 11.6 Å². The van der Waals surface area contributed by atoms with E-state index < -0.39 is 27.4 Å². The van der Waals surface area contributed by atoms with Gasteiger partial charge in [0, 0.05) is 17.7 Å². The number of sulfonamides is 1. The van der Waals surface area contributed by atoms with Crippen molar-refractivity contribution in [3.63, 3.8) is 0 Å². The van der Waals surface area contributed by atoms with Gasteiger partial charge in [-0.25, -0.2) is 13.8 Å². The first-order valence-electron chi connectivity index (χ1n) is 9.60. The molecule has 0 radical (unpaired) electrons. The molecule has 3 aromatic rings. The zero-order chi connectivity index (χ0) is 24.0. The third-order valence-electron chi connectivity index (χ3n) is 4.56. The minimum absolute atomic E-state index is 0.00556. The van der Waals surface area contributed by atoms with E-state index in [4.69, 9.17) is 11.6 Å². The van der Waals surface area contributed by atoms with Gasteiger partial charge in [-0.3, -0.25) is 19.2 Å². The van der Waals surface area contributed by atoms with E-state index in [1.807, 2.05) is 0 Å². The Labute approximate surface area is 195 Å². The van der Waals surface area contributed by atoms with Gasteiger partial charge in [0.25, 0.3) is 21.6 Å². The van der Waals surface area contributed by atoms with Gasteiger partial charge in [0.2, 0.25) is 0 Å². The Kier molecular flexibility index (Phi) is 7.41. The van der Waals surface area contributed by atoms with Crippen molar-refractivity contribution in [2.24, 2.45) is 5.10 Å². The second-order valence-electron chi connectivity index (χ2n) is 6.82. The van der Waals surface area contributed by atoms with Crippen molar-refractivity contribution in [2.45, 2.75) is 11.8 Å². The van der Waals surface area contributed by atoms with Gasteiger partial charge in [-0.1, -0.05) is 54.1 Å². The van der Waals surface area contributed by atoms with E-state index in [0.717, 1.165) is 4.31 Å². The number of hydrogen-bond donors (Lipinski definition) is 1. The van der Waals surface area contributed by atoms with E-state index in [1.54, 1.807) is 43.3 Å². The second kappa shape index (κ2) is 10.2. The fourth-order valence-electron chi connectivity index (χ4n) is 2.89. The minimum atomic E-state index is -4.11. The van der Waals surface area contributed by atoms with Crippen molar-refractivity contribution < 1.29 is 18.1 Å². The van der Waals surface area contributed by atoms with Gasteiger partial charge in [0.05, 0.1) is 26.2 Å². The molecule has 0 saturated carbocycles. The van der Waals surface area contributed by atoms with Crippen LogP contribution in [0.25, 0.3) is 0 Å². The van der Waals surface area contributed by atoms with Crippen molar-refractivity contribution in [1.82, 2.24) is 5.43 Å². The number of amides is 1. The highest BCUT2D eigenvalue weighted by Gasteiger charge is 2.28. The quantitative estimate of drug-likeness (QED) is 0.293. The number of carbonyl (C=O) groups is 1. The fraction of sp³-hybridized carbons (Fsp3) is 0.0909. The average molecular weight is 487 g/mol. The molecule has 0 saturated heterocycles. The van der Waals surface area contributed by atoms with Crippen molar-refractivity contribution in [1.29, 1.82) is 0 Å². The van der Waals surface area contributed by atoms with Crippen LogP contribution in [-0.2, 0) is 14.8 Å². The first-order chi connectivity index (χ1) is 15.7. The van der Waals surface area contributed by atoms with E-state index in [1.165, 1.54) is 42.5 Å². The summed E-state index contributed by atoms with van der Waals surface area (Å²) in [4.78, 5) is 23.1. The number of halogens is 1. The normalized spacial score (nSPS) is 11.6. The molecule has 0 atom stereocenters. The number of para-hydroxylation sites is 1. The number of carbonyl (C=O) groups excluding carboxylic acids is 1. The number of non-ortho nitro benzene ring substituents is 1. The molecule has 1 N–H and O–H groups in total. The first kappa shape index (κ1) is 23.9. The van der Waals surface area contributed by atoms with Crippen molar-refractivity contribution in [3.8, 4) is 0 Å². The van der Waals surface area contributed by atoms with Gasteiger partial charge in [-0.2, -0.15) is 5.10 Å². The van der Waals surface area contributed by atoms with Crippen LogP contribution in [-0.4, -0.2) is 31.5 Å². The van der Waals surface area contributed by atoms with Crippen molar-refractivity contribution in [2.75, 3.05) is 10.8 Å². The fourth-order valence-corrected chi connectivity index (χ4v) is 4.64. The molecule has 170 valence electrons. The van der Waals surface area contributed by atoms with Gasteiger partial charge < -0.3 is 0 Å². The number of rotatable bonds is 8. The predicted octanol–water partition coefficient (Wildman–Crippen LogP) is 3.98. The highest BCUT2D eigenvalue weighted by molar-refractivity contribution is 7.92. The molecule has 0 unspecified atom stereocenters. The number of nitrogens with one attached hydrogen (secondary N) is 1. The van der Waals surface area contributed by atoms with Crippen LogP contribution in [0.3, 0.4) is 0 Å². The Morgan fingerprint density at radius 3 is 2.39 bits per heavy atom. The molecule has 0 aliphatic rings. The molecule has 0 bridgehead atoms. The lowest BCUT2D eigenvalue weighted by Crippen LogP contribution is -2.40. The molecule has 3 aromatic carbocycles. The Bertz CT molecular complexity index is 1310. The smallest absolute Gasteiger partial charge is 0.270 e. The van der Waals surface area contributed by atoms with Gasteiger partial charge in [-0.15, -0.1) is 0 Å². The standard InChI is InChI=1S/C22H19ClN4O5S/c1-16(17-8-7-9-18(14-17)27(29)30)24-25-22(28)15-26(21-13-6-5-12-20(21)23)33(31,32)19-10-3-2-4-11-19/h2-14H,15H2,1H3,(H,25,28)/b24-16-. The van der Waals surface area contributed by atoms with Gasteiger partial charge in [0.1, 0.15) is 6.54 Å². The summed E-state index contributed by atoms with van der Waals surface area (Å²) in [6.07, 6.45) is 0. The Hall–Kier alpha value is -3.76. The minimum Gasteiger partial charge on any atom is -0.271 e. The third-order valence-corrected chi connectivity index (χ3v) is 6.66. The molecule has 3 rings (SSSR count). The van der Waals surface area contributed by atoms with Crippen LogP contribution in [0.5, 0.6) is 0 Å². The summed E-state index contributed by atoms with van der Waals surface area (Å²) in [5, 5.41) is 15.1. The van der Waals surface area contributed by atoms with Crippen LogP contribution < -0.4 is 9.73 Å². The second-order valence-corrected chi connectivity index (χ2v) is 9.09. The summed E-state index contributed by atoms with van der Waals surface area (Å²) >= 11 is 6.22. The molecule has 11 heteroatoms. The zero-order valence-electron chi connectivity index (χ0n) is 17.4. The summed E-state index contributed by atoms with van der Waals surface area (Å²) < 4.78 is 27.4. The average Bonchev–Trinajstić information content (AvgIpc) is 2.82. The number of nitrogens with zero attached hydrogens (tertiary/aromatic N) is 3. The lowest BCUT2D eigenvalue weighted by atomic mass is 10.1. The molecule has 0 fully saturated rings. The molecule has 9 nitrogen and oxygen atoms in total. The molecular formula is C22H19ClN4O5S. The topological polar surface area (TPSA) is 122 Å². The highest BCUT2D eigenvalue weighted by Crippen LogP contribution is 2.30. The van der Waals surface area contributed by atoms with E-state index in [0.29, 0.717) is 11.3 Å². The number of hydrogen-bond acceptors (Lipinski definition) is 6. The number of anilines is 1. The molecule has 0 aliphatic carbocycles. The predicted molar refractivity (Wildman–Crippen MR) is 126 cm³/mol. The Balaban J connectivity index is 1.87. The summed E-state index contributed by atoms with van der Waals surface area (Å²) in [7, 11) is -4.11. The maximum atomic E-state index is 13.3. The SMILES string of the molecule is C/C(=N/NC(=O)CN(c1ccccc1Cl)S(=O)(=O)c1ccccc1)c1cccc([N+](=O)[O-])c1. The molecule has 0 spiro atoms. The molecule has 33 heavy (non-hydrogen) atoms. The molecular weight excluding hydrogens is 468 g/mol. The van der Waals surface area contributed by atoms with E-state index in [2.05, 4.69) is 10.5 Å². The van der Waals surface area contributed by atoms with Crippen LogP contribution in [0.4, 0.5) is 11.4 Å². The summed E-state index contributed by atoms with van der Waals surface area (Å²) in [5.74, 6) is -0.723. The van der Waals surface area contributed by atoms with Crippen molar-refractivity contribution >= 4 is 44.6 Å². The monoisotopic (exact) mass is 486 g/mol. The zero-order valence-corrected chi connectivity index (χ0v) is 19.0. The van der Waals surface area contributed by atoms with Gasteiger partial charge in [-0.05, 0) is 31.2 Å². The van der Waals surface area contributed by atoms with Crippen LogP contribution in [0.15, 0.2) is 88.9 Å². The molecule has 0 heterocycles. The van der Waals surface area contributed by atoms with Crippen molar-refractivity contribution in [3.05, 3.63) is 99.6 Å². The number of nitro benzene ring substituents is 1. The first-order valence-corrected chi connectivity index (χ1v) is 11.4. The van der Waals surface area contributed by atoms with Crippen LogP contribution in [0.2, 0.25) is 5.02 Å². The lowest BCUT2D eigenvalue weighted by molar-refractivity contribution is -0.384. The molecule has 0 aliphatic heterocycles. The van der Waals surface area contributed by atoms with Gasteiger partial charge in [0.15, 0.2) is 0 Å². The highest BCUT2D eigenvalue weighted by atomic mass is 35.5. The number of hydrazone groups is 1. The molecule has 1 amide bonds. The van der Waals surface area contributed by atoms with E-state index >= 15 is 0 Å². The summed E-state index contributed by atoms with van der Waals surface area (Å²) in [5.41, 5.74) is 3.06. The van der Waals surface area contributed by atoms with Gasteiger partial charge >= 0.3 is 0 Å². The maximum Gasteiger partial charge on any atom is 0.270 e. The summed E-state index contributed by atoms with van der Waals surface area (Å²) in [6.45, 7) is 0.971. The van der Waals surface area contributed by atoms with E-state index in [9.17, 15) is 23.3 Å². The molecule has 0 aromatic heterocycles. The Morgan fingerprint density at radius 2 is 1.73 bits per heavy atom. The maximum absolute atomic E-state index is 13.3. The number of nitro groups is 1. The summed E-state index contributed by atoms with van der Waals surface area (Å²) in [6, 6.07) is 19.7. The Morgan fingerprint density at radius 1 is 1.06 bits per heavy atom. The van der Waals surface area contributed by atoms with E-state index in [-0.39, 0.29) is 21.3 Å². The number of benzene rings is 3.